The summed E-state index contributed by atoms with van der Waals surface area (Å²) in [5.74, 6) is 1.84. The van der Waals surface area contributed by atoms with E-state index in [0.29, 0.717) is 19.6 Å². The molecule has 30 heavy (non-hydrogen) atoms. The SMILES string of the molecule is COc1ccccc1OCCc1cc([C@H]2CCN(C(=O)Cc3ccccn3)C2)n[nH]1. The van der Waals surface area contributed by atoms with Crippen LogP contribution in [0.15, 0.2) is 54.7 Å². The first kappa shape index (κ1) is 19.9. The molecule has 4 rings (SSSR count). The molecule has 0 unspecified atom stereocenters. The molecule has 3 aromatic rings. The largest absolute Gasteiger partial charge is 0.493 e. The van der Waals surface area contributed by atoms with Crippen LogP contribution in [0, 0.1) is 0 Å². The molecule has 7 heteroatoms. The van der Waals surface area contributed by atoms with E-state index in [1.54, 1.807) is 13.3 Å². The second-order valence-electron chi connectivity index (χ2n) is 7.39. The van der Waals surface area contributed by atoms with E-state index >= 15 is 0 Å². The van der Waals surface area contributed by atoms with Crippen molar-refractivity contribution in [1.29, 1.82) is 0 Å². The molecule has 1 aliphatic rings. The summed E-state index contributed by atoms with van der Waals surface area (Å²) in [4.78, 5) is 18.7. The van der Waals surface area contributed by atoms with Crippen LogP contribution >= 0.6 is 0 Å². The van der Waals surface area contributed by atoms with Crippen molar-refractivity contribution in [3.8, 4) is 11.5 Å². The Morgan fingerprint density at radius 3 is 2.83 bits per heavy atom. The van der Waals surface area contributed by atoms with E-state index in [0.717, 1.165) is 48.0 Å². The van der Waals surface area contributed by atoms with Gasteiger partial charge in [-0.1, -0.05) is 18.2 Å². The first-order chi connectivity index (χ1) is 14.7. The van der Waals surface area contributed by atoms with Crippen molar-refractivity contribution >= 4 is 5.91 Å². The number of carbonyl (C=O) groups is 1. The van der Waals surface area contributed by atoms with Crippen LogP contribution in [0.25, 0.3) is 0 Å². The first-order valence-corrected chi connectivity index (χ1v) is 10.2. The van der Waals surface area contributed by atoms with E-state index in [4.69, 9.17) is 9.47 Å². The maximum Gasteiger partial charge on any atom is 0.228 e. The average molecular weight is 406 g/mol. The number of amides is 1. The van der Waals surface area contributed by atoms with Gasteiger partial charge in [0.2, 0.25) is 5.91 Å². The highest BCUT2D eigenvalue weighted by Crippen LogP contribution is 2.28. The number of nitrogens with zero attached hydrogens (tertiary/aromatic N) is 3. The summed E-state index contributed by atoms with van der Waals surface area (Å²) in [6.45, 7) is 1.99. The fourth-order valence-corrected chi connectivity index (χ4v) is 3.72. The van der Waals surface area contributed by atoms with Crippen molar-refractivity contribution in [3.63, 3.8) is 0 Å². The van der Waals surface area contributed by atoms with Gasteiger partial charge in [0.1, 0.15) is 0 Å². The summed E-state index contributed by atoms with van der Waals surface area (Å²) in [5, 5.41) is 7.59. The van der Waals surface area contributed by atoms with E-state index in [2.05, 4.69) is 21.2 Å². The minimum atomic E-state index is 0.122. The van der Waals surface area contributed by atoms with Gasteiger partial charge in [0.15, 0.2) is 11.5 Å². The van der Waals surface area contributed by atoms with E-state index in [1.165, 1.54) is 0 Å². The van der Waals surface area contributed by atoms with E-state index in [-0.39, 0.29) is 11.8 Å². The van der Waals surface area contributed by atoms with Crippen molar-refractivity contribution in [2.75, 3.05) is 26.8 Å². The Balaban J connectivity index is 1.27. The number of rotatable bonds is 8. The van der Waals surface area contributed by atoms with Crippen LogP contribution in [-0.4, -0.2) is 52.8 Å². The third-order valence-electron chi connectivity index (χ3n) is 5.37. The molecule has 0 bridgehead atoms. The molecule has 1 fully saturated rings. The number of pyridine rings is 1. The maximum atomic E-state index is 12.6. The molecule has 0 spiro atoms. The summed E-state index contributed by atoms with van der Waals surface area (Å²) in [6.07, 6.45) is 3.72. The summed E-state index contributed by atoms with van der Waals surface area (Å²) in [7, 11) is 1.63. The van der Waals surface area contributed by atoms with Crippen LogP contribution in [0.3, 0.4) is 0 Å². The number of ether oxygens (including phenoxy) is 2. The molecule has 2 aromatic heterocycles. The molecule has 3 heterocycles. The lowest BCUT2D eigenvalue weighted by Gasteiger charge is -2.15. The van der Waals surface area contributed by atoms with Crippen molar-refractivity contribution in [2.24, 2.45) is 0 Å². The smallest absolute Gasteiger partial charge is 0.228 e. The highest BCUT2D eigenvalue weighted by molar-refractivity contribution is 5.78. The molecule has 0 aliphatic carbocycles. The number of hydrogen-bond donors (Lipinski definition) is 1. The van der Waals surface area contributed by atoms with Crippen molar-refractivity contribution < 1.29 is 14.3 Å². The van der Waals surface area contributed by atoms with Crippen LogP contribution in [0.4, 0.5) is 0 Å². The third kappa shape index (κ3) is 4.79. The number of H-pyrrole nitrogens is 1. The van der Waals surface area contributed by atoms with Gasteiger partial charge < -0.3 is 14.4 Å². The number of hydrogen-bond acceptors (Lipinski definition) is 5. The molecular formula is C23H26N4O3. The Morgan fingerprint density at radius 1 is 1.20 bits per heavy atom. The van der Waals surface area contributed by atoms with E-state index in [1.807, 2.05) is 47.4 Å². The zero-order valence-electron chi connectivity index (χ0n) is 17.1. The second-order valence-corrected chi connectivity index (χ2v) is 7.39. The molecule has 156 valence electrons. The summed E-state index contributed by atoms with van der Waals surface area (Å²) in [6, 6.07) is 15.4. The number of nitrogens with one attached hydrogen (secondary N) is 1. The molecule has 1 amide bonds. The van der Waals surface area contributed by atoms with Gasteiger partial charge in [0.25, 0.3) is 0 Å². The Morgan fingerprint density at radius 2 is 2.03 bits per heavy atom. The molecule has 7 nitrogen and oxygen atoms in total. The number of methoxy groups -OCH3 is 1. The standard InChI is InChI=1S/C23H26N4O3/c1-29-21-7-2-3-8-22(21)30-13-10-19-14-20(26-25-19)17-9-12-27(16-17)23(28)15-18-6-4-5-11-24-18/h2-8,11,14,17H,9-10,12-13,15-16H2,1H3,(H,25,26)/t17-/m0/s1. The van der Waals surface area contributed by atoms with E-state index in [9.17, 15) is 4.79 Å². The topological polar surface area (TPSA) is 80.3 Å². The summed E-state index contributed by atoms with van der Waals surface area (Å²) in [5.41, 5.74) is 2.84. The van der Waals surface area contributed by atoms with Crippen LogP contribution in [0.1, 0.15) is 29.4 Å². The van der Waals surface area contributed by atoms with Gasteiger partial charge in [0, 0.05) is 43.0 Å². The lowest BCUT2D eigenvalue weighted by Crippen LogP contribution is -2.30. The Kier molecular flexibility index (Phi) is 6.27. The molecule has 0 saturated carbocycles. The quantitative estimate of drug-likeness (QED) is 0.622. The predicted molar refractivity (Wildman–Crippen MR) is 113 cm³/mol. The summed E-state index contributed by atoms with van der Waals surface area (Å²) < 4.78 is 11.1. The molecular weight excluding hydrogens is 380 g/mol. The molecule has 1 N–H and O–H groups in total. The second kappa shape index (κ2) is 9.43. The molecule has 1 aromatic carbocycles. The number of benzene rings is 1. The van der Waals surface area contributed by atoms with Crippen molar-refractivity contribution in [3.05, 3.63) is 71.8 Å². The molecule has 1 saturated heterocycles. The minimum Gasteiger partial charge on any atom is -0.493 e. The zero-order chi connectivity index (χ0) is 20.8. The molecule has 1 aliphatic heterocycles. The minimum absolute atomic E-state index is 0.122. The first-order valence-electron chi connectivity index (χ1n) is 10.2. The highest BCUT2D eigenvalue weighted by Gasteiger charge is 2.29. The predicted octanol–water partition coefficient (Wildman–Crippen LogP) is 2.99. The number of aromatic amines is 1. The van der Waals surface area contributed by atoms with Crippen LogP contribution < -0.4 is 9.47 Å². The van der Waals surface area contributed by atoms with Gasteiger partial charge in [-0.25, -0.2) is 0 Å². The average Bonchev–Trinajstić information content (AvgIpc) is 3.45. The fourth-order valence-electron chi connectivity index (χ4n) is 3.72. The van der Waals surface area contributed by atoms with Gasteiger partial charge in [-0.2, -0.15) is 5.10 Å². The molecule has 0 radical (unpaired) electrons. The van der Waals surface area contributed by atoms with Gasteiger partial charge in [-0.15, -0.1) is 0 Å². The Labute approximate surface area is 176 Å². The number of carbonyl (C=O) groups excluding carboxylic acids is 1. The monoisotopic (exact) mass is 406 g/mol. The number of aromatic nitrogens is 3. The number of para-hydroxylation sites is 2. The lowest BCUT2D eigenvalue weighted by molar-refractivity contribution is -0.129. The van der Waals surface area contributed by atoms with Crippen LogP contribution in [0.5, 0.6) is 11.5 Å². The zero-order valence-corrected chi connectivity index (χ0v) is 17.1. The van der Waals surface area contributed by atoms with Crippen molar-refractivity contribution in [2.45, 2.75) is 25.2 Å². The Bertz CT molecular complexity index is 973. The fraction of sp³-hybridized carbons (Fsp3) is 0.348. The Hall–Kier alpha value is -3.35. The van der Waals surface area contributed by atoms with Gasteiger partial charge in [0.05, 0.1) is 25.8 Å². The van der Waals surface area contributed by atoms with Gasteiger partial charge >= 0.3 is 0 Å². The third-order valence-corrected chi connectivity index (χ3v) is 5.37. The normalized spacial score (nSPS) is 15.9. The van der Waals surface area contributed by atoms with Gasteiger partial charge in [-0.3, -0.25) is 14.9 Å². The molecule has 1 atom stereocenters. The van der Waals surface area contributed by atoms with Crippen LogP contribution in [0.2, 0.25) is 0 Å². The lowest BCUT2D eigenvalue weighted by atomic mass is 10.0. The number of likely N-dealkylation sites (tertiary alicyclic amines) is 1. The maximum absolute atomic E-state index is 12.6. The highest BCUT2D eigenvalue weighted by atomic mass is 16.5. The summed E-state index contributed by atoms with van der Waals surface area (Å²) >= 11 is 0. The van der Waals surface area contributed by atoms with Crippen molar-refractivity contribution in [1.82, 2.24) is 20.1 Å². The van der Waals surface area contributed by atoms with Crippen LogP contribution in [-0.2, 0) is 17.6 Å². The van der Waals surface area contributed by atoms with Gasteiger partial charge in [-0.05, 0) is 36.8 Å². The van der Waals surface area contributed by atoms with E-state index < -0.39 is 0 Å².